The van der Waals surface area contributed by atoms with Gasteiger partial charge in [-0.3, -0.25) is 0 Å². The van der Waals surface area contributed by atoms with Crippen LogP contribution >= 0.6 is 0 Å². The highest BCUT2D eigenvalue weighted by Gasteiger charge is 2.34. The van der Waals surface area contributed by atoms with E-state index in [0.29, 0.717) is 0 Å². The number of hydrogen-bond donors (Lipinski definition) is 2. The first-order valence-electron chi connectivity index (χ1n) is 6.82. The summed E-state index contributed by atoms with van der Waals surface area (Å²) < 4.78 is 10.8. The van der Waals surface area contributed by atoms with Crippen molar-refractivity contribution in [2.75, 3.05) is 0 Å². The molecule has 0 aliphatic heterocycles. The van der Waals surface area contributed by atoms with Gasteiger partial charge in [0, 0.05) is 0 Å². The number of hydrogen-bond acceptors (Lipinski definition) is 4. The van der Waals surface area contributed by atoms with Crippen LogP contribution in [0.2, 0.25) is 0 Å². The second kappa shape index (κ2) is 7.31. The third-order valence-electron chi connectivity index (χ3n) is 3.63. The molecule has 2 N–H and O–H groups in total. The normalized spacial score (nSPS) is 11.2. The zero-order valence-electron chi connectivity index (χ0n) is 12.1. The first-order chi connectivity index (χ1) is 9.48. The van der Waals surface area contributed by atoms with Gasteiger partial charge in [-0.25, -0.2) is 4.79 Å². The van der Waals surface area contributed by atoms with Crippen LogP contribution in [-0.4, -0.2) is 29.0 Å². The van der Waals surface area contributed by atoms with Gasteiger partial charge in [-0.15, -0.1) is 0 Å². The van der Waals surface area contributed by atoms with Gasteiger partial charge in [0.15, 0.2) is 0 Å². The standard InChI is InChI=1S/C14H21BO5/c1-4-14(5-2,6-3)20-15(18)19-12-10-8-7-9-11(12)13(16)17/h7-10,18H,4-6H2,1-3H3,(H,16,17). The molecule has 0 saturated heterocycles. The molecule has 0 spiro atoms. The van der Waals surface area contributed by atoms with Crippen molar-refractivity contribution in [3.8, 4) is 5.75 Å². The van der Waals surface area contributed by atoms with Crippen molar-refractivity contribution in [2.45, 2.75) is 45.6 Å². The van der Waals surface area contributed by atoms with Crippen molar-refractivity contribution in [1.29, 1.82) is 0 Å². The van der Waals surface area contributed by atoms with Crippen molar-refractivity contribution < 1.29 is 24.2 Å². The van der Waals surface area contributed by atoms with Gasteiger partial charge in [-0.05, 0) is 31.4 Å². The van der Waals surface area contributed by atoms with E-state index in [1.807, 2.05) is 20.8 Å². The van der Waals surface area contributed by atoms with E-state index in [1.54, 1.807) is 12.1 Å². The Labute approximate surface area is 119 Å². The lowest BCUT2D eigenvalue weighted by Gasteiger charge is -2.31. The molecule has 0 aliphatic rings. The van der Waals surface area contributed by atoms with E-state index in [2.05, 4.69) is 0 Å². The summed E-state index contributed by atoms with van der Waals surface area (Å²) in [5.41, 5.74) is -0.470. The zero-order chi connectivity index (χ0) is 15.2. The largest absolute Gasteiger partial charge is 0.710 e. The minimum absolute atomic E-state index is 0.00903. The topological polar surface area (TPSA) is 76.0 Å². The molecule has 110 valence electrons. The minimum Gasteiger partial charge on any atom is -0.511 e. The number of aromatic carboxylic acids is 1. The Morgan fingerprint density at radius 3 is 2.25 bits per heavy atom. The van der Waals surface area contributed by atoms with Gasteiger partial charge < -0.3 is 19.4 Å². The molecule has 0 heterocycles. The van der Waals surface area contributed by atoms with Crippen LogP contribution in [0.5, 0.6) is 5.75 Å². The molecular formula is C14H21BO5. The predicted molar refractivity (Wildman–Crippen MR) is 76.7 cm³/mol. The van der Waals surface area contributed by atoms with E-state index in [1.165, 1.54) is 12.1 Å². The second-order valence-electron chi connectivity index (χ2n) is 4.59. The Balaban J connectivity index is 2.81. The highest BCUT2D eigenvalue weighted by atomic mass is 16.7. The van der Waals surface area contributed by atoms with E-state index < -0.39 is 18.9 Å². The molecule has 0 amide bonds. The fourth-order valence-corrected chi connectivity index (χ4v) is 2.09. The Morgan fingerprint density at radius 2 is 1.75 bits per heavy atom. The van der Waals surface area contributed by atoms with Crippen molar-refractivity contribution in [2.24, 2.45) is 0 Å². The van der Waals surface area contributed by atoms with Crippen LogP contribution in [-0.2, 0) is 4.65 Å². The summed E-state index contributed by atoms with van der Waals surface area (Å²) in [5, 5.41) is 18.9. The summed E-state index contributed by atoms with van der Waals surface area (Å²) in [4.78, 5) is 11.1. The summed E-state index contributed by atoms with van der Waals surface area (Å²) >= 11 is 0. The van der Waals surface area contributed by atoms with E-state index in [-0.39, 0.29) is 11.3 Å². The average Bonchev–Trinajstić information content (AvgIpc) is 2.45. The van der Waals surface area contributed by atoms with E-state index in [0.717, 1.165) is 19.3 Å². The molecule has 1 aromatic rings. The molecule has 0 atom stereocenters. The molecule has 0 fully saturated rings. The fraction of sp³-hybridized carbons (Fsp3) is 0.500. The molecule has 0 aliphatic carbocycles. The fourth-order valence-electron chi connectivity index (χ4n) is 2.09. The SMILES string of the molecule is CCC(CC)(CC)OB(O)Oc1ccccc1C(=O)O. The van der Waals surface area contributed by atoms with Gasteiger partial charge >= 0.3 is 13.3 Å². The highest BCUT2D eigenvalue weighted by molar-refractivity contribution is 6.36. The summed E-state index contributed by atoms with van der Waals surface area (Å²) in [6, 6.07) is 6.14. The molecule has 0 bridgehead atoms. The van der Waals surface area contributed by atoms with Crippen molar-refractivity contribution in [3.05, 3.63) is 29.8 Å². The second-order valence-corrected chi connectivity index (χ2v) is 4.59. The van der Waals surface area contributed by atoms with Gasteiger partial charge in [0.05, 0.1) is 11.2 Å². The van der Waals surface area contributed by atoms with Gasteiger partial charge in [-0.2, -0.15) is 0 Å². The maximum Gasteiger partial charge on any atom is 0.710 e. The van der Waals surface area contributed by atoms with Crippen molar-refractivity contribution in [1.82, 2.24) is 0 Å². The van der Waals surface area contributed by atoms with Gasteiger partial charge in [0.1, 0.15) is 5.75 Å². The van der Waals surface area contributed by atoms with Gasteiger partial charge in [0.25, 0.3) is 0 Å². The van der Waals surface area contributed by atoms with Gasteiger partial charge in [-0.1, -0.05) is 32.9 Å². The summed E-state index contributed by atoms with van der Waals surface area (Å²) in [5.74, 6) is -1.02. The van der Waals surface area contributed by atoms with Crippen LogP contribution in [0.4, 0.5) is 0 Å². The lowest BCUT2D eigenvalue weighted by molar-refractivity contribution is 0.0122. The maximum absolute atomic E-state index is 11.1. The number of para-hydroxylation sites is 1. The monoisotopic (exact) mass is 280 g/mol. The Morgan fingerprint density at radius 1 is 1.20 bits per heavy atom. The lowest BCUT2D eigenvalue weighted by atomic mass is 9.92. The highest BCUT2D eigenvalue weighted by Crippen LogP contribution is 2.26. The summed E-state index contributed by atoms with van der Waals surface area (Å²) in [7, 11) is -1.49. The molecule has 6 heteroatoms. The molecule has 1 rings (SSSR count). The molecule has 0 aromatic heterocycles. The van der Waals surface area contributed by atoms with Crippen LogP contribution in [0, 0.1) is 0 Å². The van der Waals surface area contributed by atoms with E-state index >= 15 is 0 Å². The first kappa shape index (κ1) is 16.5. The number of carboxylic acid groups (broad SMARTS) is 1. The van der Waals surface area contributed by atoms with Crippen LogP contribution in [0.1, 0.15) is 50.4 Å². The number of benzene rings is 1. The molecule has 1 aromatic carbocycles. The Hall–Kier alpha value is -1.53. The Kier molecular flexibility index (Phi) is 6.04. The van der Waals surface area contributed by atoms with Crippen LogP contribution in [0.25, 0.3) is 0 Å². The van der Waals surface area contributed by atoms with Crippen LogP contribution < -0.4 is 4.65 Å². The summed E-state index contributed by atoms with van der Waals surface area (Å²) in [6.45, 7) is 5.93. The quantitative estimate of drug-likeness (QED) is 0.716. The molecule has 0 unspecified atom stereocenters. The smallest absolute Gasteiger partial charge is 0.511 e. The third kappa shape index (κ3) is 3.98. The molecular weight excluding hydrogens is 259 g/mol. The van der Waals surface area contributed by atoms with Crippen molar-refractivity contribution in [3.63, 3.8) is 0 Å². The van der Waals surface area contributed by atoms with Gasteiger partial charge in [0.2, 0.25) is 0 Å². The Bertz CT molecular complexity index is 437. The number of carboxylic acids is 1. The van der Waals surface area contributed by atoms with Crippen LogP contribution in [0.3, 0.4) is 0 Å². The van der Waals surface area contributed by atoms with E-state index in [4.69, 9.17) is 14.4 Å². The van der Waals surface area contributed by atoms with Crippen molar-refractivity contribution >= 4 is 13.3 Å². The molecule has 5 nitrogen and oxygen atoms in total. The maximum atomic E-state index is 11.1. The number of carbonyl (C=O) groups is 1. The summed E-state index contributed by atoms with van der Waals surface area (Å²) in [6.07, 6.45) is 2.21. The third-order valence-corrected chi connectivity index (χ3v) is 3.63. The van der Waals surface area contributed by atoms with E-state index in [9.17, 15) is 9.82 Å². The molecule has 0 radical (unpaired) electrons. The molecule has 20 heavy (non-hydrogen) atoms. The number of rotatable bonds is 8. The lowest BCUT2D eigenvalue weighted by Crippen LogP contribution is -2.41. The predicted octanol–water partition coefficient (Wildman–Crippen LogP) is 2.73. The average molecular weight is 280 g/mol. The van der Waals surface area contributed by atoms with Crippen LogP contribution in [0.15, 0.2) is 24.3 Å². The zero-order valence-corrected chi connectivity index (χ0v) is 12.1. The minimum atomic E-state index is -1.49. The first-order valence-corrected chi connectivity index (χ1v) is 6.82. The molecule has 0 saturated carbocycles.